The Hall–Kier alpha value is -2.07. The predicted octanol–water partition coefficient (Wildman–Crippen LogP) is 3.07. The fraction of sp³-hybridized carbons (Fsp3) is 0.421. The summed E-state index contributed by atoms with van der Waals surface area (Å²) in [7, 11) is 0. The Morgan fingerprint density at radius 1 is 1.17 bits per heavy atom. The lowest BCUT2D eigenvalue weighted by molar-refractivity contribution is 0.0338. The first-order valence-corrected chi connectivity index (χ1v) is 8.22. The number of benzene rings is 1. The summed E-state index contributed by atoms with van der Waals surface area (Å²) in [5.74, 6) is 0.430. The van der Waals surface area contributed by atoms with Gasteiger partial charge in [0.15, 0.2) is 5.76 Å². The van der Waals surface area contributed by atoms with E-state index in [0.29, 0.717) is 5.76 Å². The molecule has 0 saturated carbocycles. The van der Waals surface area contributed by atoms with Crippen LogP contribution < -0.4 is 0 Å². The zero-order chi connectivity index (χ0) is 16.0. The van der Waals surface area contributed by atoms with Crippen LogP contribution in [0.1, 0.15) is 41.6 Å². The lowest BCUT2D eigenvalue weighted by atomic mass is 9.75. The van der Waals surface area contributed by atoms with Gasteiger partial charge in [-0.3, -0.25) is 9.69 Å². The first kappa shape index (κ1) is 14.5. The second kappa shape index (κ2) is 5.24. The topological polar surface area (TPSA) is 36.7 Å². The van der Waals surface area contributed by atoms with Crippen molar-refractivity contribution in [3.8, 4) is 0 Å². The van der Waals surface area contributed by atoms with Gasteiger partial charge in [-0.15, -0.1) is 0 Å². The molecular formula is C19H22N2O2. The van der Waals surface area contributed by atoms with E-state index in [0.717, 1.165) is 26.2 Å². The molecule has 1 aromatic carbocycles. The monoisotopic (exact) mass is 310 g/mol. The number of hydrogen-bond acceptors (Lipinski definition) is 3. The number of piperazine rings is 1. The zero-order valence-electron chi connectivity index (χ0n) is 13.7. The maximum absolute atomic E-state index is 12.6. The highest BCUT2D eigenvalue weighted by Gasteiger charge is 2.41. The van der Waals surface area contributed by atoms with Gasteiger partial charge in [-0.05, 0) is 23.3 Å². The summed E-state index contributed by atoms with van der Waals surface area (Å²) in [6.45, 7) is 8.05. The molecule has 2 aliphatic heterocycles. The number of furan rings is 1. The molecule has 1 aromatic heterocycles. The van der Waals surface area contributed by atoms with Gasteiger partial charge in [0.2, 0.25) is 0 Å². The van der Waals surface area contributed by atoms with E-state index in [1.807, 2.05) is 4.90 Å². The first-order chi connectivity index (χ1) is 11.1. The normalized spacial score (nSPS) is 23.2. The molecule has 2 aromatic rings. The molecule has 1 amide bonds. The molecule has 1 unspecified atom stereocenters. The Morgan fingerprint density at radius 3 is 2.78 bits per heavy atom. The average Bonchev–Trinajstić information content (AvgIpc) is 3.08. The lowest BCUT2D eigenvalue weighted by Gasteiger charge is -2.49. The van der Waals surface area contributed by atoms with Crippen molar-refractivity contribution in [2.24, 2.45) is 0 Å². The molecule has 0 aliphatic carbocycles. The summed E-state index contributed by atoms with van der Waals surface area (Å²) < 4.78 is 5.28. The van der Waals surface area contributed by atoms with Crippen LogP contribution in [0.15, 0.2) is 47.1 Å². The van der Waals surface area contributed by atoms with Crippen molar-refractivity contribution in [1.82, 2.24) is 9.80 Å². The van der Waals surface area contributed by atoms with Crippen molar-refractivity contribution in [3.63, 3.8) is 0 Å². The number of rotatable bonds is 1. The average molecular weight is 310 g/mol. The molecule has 23 heavy (non-hydrogen) atoms. The van der Waals surface area contributed by atoms with Crippen LogP contribution in [0.4, 0.5) is 0 Å². The SMILES string of the molecule is CC1(C)CN2CCN(C(=O)c3ccco3)CC2c2ccccc21. The minimum Gasteiger partial charge on any atom is -0.459 e. The fourth-order valence-electron chi connectivity index (χ4n) is 4.04. The van der Waals surface area contributed by atoms with Crippen molar-refractivity contribution < 1.29 is 9.21 Å². The second-order valence-corrected chi connectivity index (χ2v) is 7.19. The summed E-state index contributed by atoms with van der Waals surface area (Å²) in [5, 5.41) is 0. The number of carbonyl (C=O) groups is 1. The van der Waals surface area contributed by atoms with Crippen LogP contribution in [-0.4, -0.2) is 41.9 Å². The van der Waals surface area contributed by atoms with Gasteiger partial charge in [0.25, 0.3) is 5.91 Å². The van der Waals surface area contributed by atoms with Gasteiger partial charge in [0.05, 0.1) is 12.3 Å². The quantitative estimate of drug-likeness (QED) is 0.812. The predicted molar refractivity (Wildman–Crippen MR) is 88.4 cm³/mol. The van der Waals surface area contributed by atoms with Crippen molar-refractivity contribution in [2.75, 3.05) is 26.2 Å². The van der Waals surface area contributed by atoms with Crippen LogP contribution in [0.5, 0.6) is 0 Å². The molecule has 1 fully saturated rings. The maximum Gasteiger partial charge on any atom is 0.289 e. The summed E-state index contributed by atoms with van der Waals surface area (Å²) in [4.78, 5) is 17.0. The van der Waals surface area contributed by atoms with Gasteiger partial charge in [-0.1, -0.05) is 38.1 Å². The minimum atomic E-state index is -0.00281. The molecular weight excluding hydrogens is 288 g/mol. The second-order valence-electron chi connectivity index (χ2n) is 7.19. The molecule has 1 atom stereocenters. The number of carbonyl (C=O) groups excluding carboxylic acids is 1. The van der Waals surface area contributed by atoms with Gasteiger partial charge < -0.3 is 9.32 Å². The molecule has 0 spiro atoms. The minimum absolute atomic E-state index is 0.00281. The summed E-state index contributed by atoms with van der Waals surface area (Å²) in [5.41, 5.74) is 2.93. The Bertz CT molecular complexity index is 721. The van der Waals surface area contributed by atoms with E-state index in [4.69, 9.17) is 4.42 Å². The summed E-state index contributed by atoms with van der Waals surface area (Å²) in [6.07, 6.45) is 1.56. The van der Waals surface area contributed by atoms with Crippen molar-refractivity contribution in [2.45, 2.75) is 25.3 Å². The van der Waals surface area contributed by atoms with Gasteiger partial charge in [0.1, 0.15) is 0 Å². The van der Waals surface area contributed by atoms with Crippen molar-refractivity contribution >= 4 is 5.91 Å². The summed E-state index contributed by atoms with van der Waals surface area (Å²) in [6, 6.07) is 12.5. The van der Waals surface area contributed by atoms with Crippen LogP contribution in [0.3, 0.4) is 0 Å². The maximum atomic E-state index is 12.6. The highest BCUT2D eigenvalue weighted by Crippen LogP contribution is 2.41. The van der Waals surface area contributed by atoms with E-state index in [9.17, 15) is 4.79 Å². The van der Waals surface area contributed by atoms with Gasteiger partial charge >= 0.3 is 0 Å². The van der Waals surface area contributed by atoms with Crippen molar-refractivity contribution in [3.05, 3.63) is 59.5 Å². The number of nitrogens with zero attached hydrogens (tertiary/aromatic N) is 2. The number of hydrogen-bond donors (Lipinski definition) is 0. The lowest BCUT2D eigenvalue weighted by Crippen LogP contribution is -2.55. The molecule has 3 heterocycles. The van der Waals surface area contributed by atoms with Gasteiger partial charge in [-0.25, -0.2) is 0 Å². The van der Waals surface area contributed by atoms with Crippen LogP contribution in [0.2, 0.25) is 0 Å². The fourth-order valence-corrected chi connectivity index (χ4v) is 4.04. The number of amides is 1. The molecule has 1 saturated heterocycles. The van der Waals surface area contributed by atoms with Crippen LogP contribution in [0.25, 0.3) is 0 Å². The molecule has 4 heteroatoms. The standard InChI is InChI=1S/C19H22N2O2/c1-19(2)13-21-10-9-20(18(22)17-8-5-11-23-17)12-16(21)14-6-3-4-7-15(14)19/h3-8,11,16H,9-10,12-13H2,1-2H3. The Balaban J connectivity index is 1.65. The molecule has 0 N–H and O–H groups in total. The van der Waals surface area contributed by atoms with Crippen LogP contribution in [-0.2, 0) is 5.41 Å². The molecule has 2 aliphatic rings. The van der Waals surface area contributed by atoms with E-state index in [2.05, 4.69) is 43.0 Å². The van der Waals surface area contributed by atoms with E-state index in [1.165, 1.54) is 11.1 Å². The number of fused-ring (bicyclic) bond motifs is 3. The third-order valence-corrected chi connectivity index (χ3v) is 5.16. The molecule has 120 valence electrons. The van der Waals surface area contributed by atoms with E-state index < -0.39 is 0 Å². The molecule has 0 radical (unpaired) electrons. The highest BCUT2D eigenvalue weighted by atomic mass is 16.3. The largest absolute Gasteiger partial charge is 0.459 e. The highest BCUT2D eigenvalue weighted by molar-refractivity contribution is 5.91. The van der Waals surface area contributed by atoms with E-state index in [-0.39, 0.29) is 17.4 Å². The van der Waals surface area contributed by atoms with E-state index in [1.54, 1.807) is 18.4 Å². The first-order valence-electron chi connectivity index (χ1n) is 8.22. The van der Waals surface area contributed by atoms with Crippen LogP contribution in [0, 0.1) is 0 Å². The third-order valence-electron chi connectivity index (χ3n) is 5.16. The van der Waals surface area contributed by atoms with Crippen molar-refractivity contribution in [1.29, 1.82) is 0 Å². The van der Waals surface area contributed by atoms with Crippen LogP contribution >= 0.6 is 0 Å². The molecule has 0 bridgehead atoms. The third kappa shape index (κ3) is 2.38. The summed E-state index contributed by atoms with van der Waals surface area (Å²) >= 11 is 0. The molecule has 4 rings (SSSR count). The Morgan fingerprint density at radius 2 is 2.00 bits per heavy atom. The Kier molecular flexibility index (Phi) is 3.31. The van der Waals surface area contributed by atoms with Gasteiger partial charge in [0, 0.05) is 31.6 Å². The van der Waals surface area contributed by atoms with Gasteiger partial charge in [-0.2, -0.15) is 0 Å². The molecule has 4 nitrogen and oxygen atoms in total. The zero-order valence-corrected chi connectivity index (χ0v) is 13.7. The smallest absolute Gasteiger partial charge is 0.289 e. The van der Waals surface area contributed by atoms with E-state index >= 15 is 0 Å². The Labute approximate surface area is 136 Å².